The highest BCUT2D eigenvalue weighted by atomic mass is 16.5. The van der Waals surface area contributed by atoms with Gasteiger partial charge in [-0.2, -0.15) is 0 Å². The molecule has 2 atom stereocenters. The number of piperidine rings is 1. The second-order valence-electron chi connectivity index (χ2n) is 5.79. The van der Waals surface area contributed by atoms with Gasteiger partial charge in [-0.3, -0.25) is 9.69 Å². The van der Waals surface area contributed by atoms with E-state index in [0.29, 0.717) is 25.6 Å². The number of carbonyl (C=O) groups excluding carboxylic acids is 1. The third kappa shape index (κ3) is 6.89. The van der Waals surface area contributed by atoms with Crippen LogP contribution in [-0.4, -0.2) is 55.7 Å². The number of amides is 1. The van der Waals surface area contributed by atoms with Crippen LogP contribution in [0.2, 0.25) is 0 Å². The Morgan fingerprint density at radius 3 is 2.89 bits per heavy atom. The lowest BCUT2D eigenvalue weighted by atomic mass is 9.94. The SMILES string of the molecule is CC(C)OCCCNC(=O)CN1CCC(C)C(N)C1. The molecule has 3 N–H and O–H groups in total. The molecule has 0 aromatic carbocycles. The van der Waals surface area contributed by atoms with Crippen molar-refractivity contribution in [1.82, 2.24) is 10.2 Å². The van der Waals surface area contributed by atoms with E-state index in [1.165, 1.54) is 0 Å². The summed E-state index contributed by atoms with van der Waals surface area (Å²) in [6.07, 6.45) is 2.20. The summed E-state index contributed by atoms with van der Waals surface area (Å²) < 4.78 is 5.42. The molecule has 0 spiro atoms. The number of nitrogens with zero attached hydrogens (tertiary/aromatic N) is 1. The van der Waals surface area contributed by atoms with Crippen LogP contribution >= 0.6 is 0 Å². The molecular formula is C14H29N3O2. The van der Waals surface area contributed by atoms with Gasteiger partial charge in [-0.1, -0.05) is 6.92 Å². The quantitative estimate of drug-likeness (QED) is 0.665. The molecule has 0 saturated carbocycles. The van der Waals surface area contributed by atoms with Crippen molar-refractivity contribution < 1.29 is 9.53 Å². The zero-order valence-electron chi connectivity index (χ0n) is 12.5. The van der Waals surface area contributed by atoms with E-state index in [-0.39, 0.29) is 18.1 Å². The molecule has 1 aliphatic heterocycles. The number of hydrogen-bond acceptors (Lipinski definition) is 4. The Labute approximate surface area is 116 Å². The summed E-state index contributed by atoms with van der Waals surface area (Å²) in [7, 11) is 0. The van der Waals surface area contributed by atoms with Crippen LogP contribution in [0.3, 0.4) is 0 Å². The molecule has 0 aliphatic carbocycles. The molecule has 1 heterocycles. The third-order valence-electron chi connectivity index (χ3n) is 3.56. The standard InChI is InChI=1S/C14H29N3O2/c1-11(2)19-8-4-6-16-14(18)10-17-7-5-12(3)13(15)9-17/h11-13H,4-10,15H2,1-3H3,(H,16,18). The molecule has 0 bridgehead atoms. The van der Waals surface area contributed by atoms with Crippen LogP contribution in [-0.2, 0) is 9.53 Å². The van der Waals surface area contributed by atoms with Gasteiger partial charge in [0.25, 0.3) is 0 Å². The Hall–Kier alpha value is -0.650. The number of hydrogen-bond donors (Lipinski definition) is 2. The summed E-state index contributed by atoms with van der Waals surface area (Å²) in [4.78, 5) is 13.9. The van der Waals surface area contributed by atoms with Crippen molar-refractivity contribution in [3.05, 3.63) is 0 Å². The maximum absolute atomic E-state index is 11.8. The van der Waals surface area contributed by atoms with Gasteiger partial charge in [0.05, 0.1) is 12.6 Å². The fourth-order valence-electron chi connectivity index (χ4n) is 2.19. The van der Waals surface area contributed by atoms with E-state index in [9.17, 15) is 4.79 Å². The Bertz CT molecular complexity index is 271. The molecule has 0 aromatic heterocycles. The number of rotatable bonds is 7. The first kappa shape index (κ1) is 16.4. The summed E-state index contributed by atoms with van der Waals surface area (Å²) in [5, 5.41) is 2.93. The van der Waals surface area contributed by atoms with Crippen molar-refractivity contribution >= 4 is 5.91 Å². The van der Waals surface area contributed by atoms with Crippen molar-refractivity contribution in [1.29, 1.82) is 0 Å². The lowest BCUT2D eigenvalue weighted by Gasteiger charge is -2.34. The summed E-state index contributed by atoms with van der Waals surface area (Å²) >= 11 is 0. The van der Waals surface area contributed by atoms with Crippen LogP contribution in [0.4, 0.5) is 0 Å². The molecule has 1 saturated heterocycles. The number of likely N-dealkylation sites (tertiary alicyclic amines) is 1. The first-order valence-corrected chi connectivity index (χ1v) is 7.35. The highest BCUT2D eigenvalue weighted by molar-refractivity contribution is 5.77. The molecule has 0 aromatic rings. The van der Waals surface area contributed by atoms with E-state index in [1.54, 1.807) is 0 Å². The van der Waals surface area contributed by atoms with Gasteiger partial charge in [-0.05, 0) is 39.2 Å². The number of carbonyl (C=O) groups is 1. The summed E-state index contributed by atoms with van der Waals surface area (Å²) in [5.41, 5.74) is 6.02. The smallest absolute Gasteiger partial charge is 0.234 e. The molecule has 2 unspecified atom stereocenters. The maximum Gasteiger partial charge on any atom is 0.234 e. The van der Waals surface area contributed by atoms with E-state index in [1.807, 2.05) is 13.8 Å². The fraction of sp³-hybridized carbons (Fsp3) is 0.929. The largest absolute Gasteiger partial charge is 0.379 e. The summed E-state index contributed by atoms with van der Waals surface area (Å²) in [6.45, 7) is 9.84. The van der Waals surface area contributed by atoms with Gasteiger partial charge in [-0.15, -0.1) is 0 Å². The van der Waals surface area contributed by atoms with Crippen LogP contribution in [0.15, 0.2) is 0 Å². The van der Waals surface area contributed by atoms with Crippen molar-refractivity contribution in [3.8, 4) is 0 Å². The van der Waals surface area contributed by atoms with Gasteiger partial charge in [0, 0.05) is 25.7 Å². The Morgan fingerprint density at radius 1 is 1.53 bits per heavy atom. The zero-order valence-corrected chi connectivity index (χ0v) is 12.5. The zero-order chi connectivity index (χ0) is 14.3. The molecule has 5 nitrogen and oxygen atoms in total. The van der Waals surface area contributed by atoms with Crippen molar-refractivity contribution in [2.24, 2.45) is 11.7 Å². The van der Waals surface area contributed by atoms with Crippen molar-refractivity contribution in [2.75, 3.05) is 32.8 Å². The van der Waals surface area contributed by atoms with Gasteiger partial charge in [-0.25, -0.2) is 0 Å². The molecule has 0 radical (unpaired) electrons. The lowest BCUT2D eigenvalue weighted by molar-refractivity contribution is -0.122. The molecule has 1 amide bonds. The number of nitrogens with one attached hydrogen (secondary N) is 1. The highest BCUT2D eigenvalue weighted by Crippen LogP contribution is 2.14. The first-order valence-electron chi connectivity index (χ1n) is 7.35. The Balaban J connectivity index is 2.07. The average Bonchev–Trinajstić information content (AvgIpc) is 2.33. The van der Waals surface area contributed by atoms with Crippen LogP contribution in [0.1, 0.15) is 33.6 Å². The maximum atomic E-state index is 11.8. The fourth-order valence-corrected chi connectivity index (χ4v) is 2.19. The molecule has 112 valence electrons. The topological polar surface area (TPSA) is 67.6 Å². The minimum absolute atomic E-state index is 0.0892. The van der Waals surface area contributed by atoms with E-state index in [2.05, 4.69) is 17.1 Å². The second kappa shape index (κ2) is 8.51. The third-order valence-corrected chi connectivity index (χ3v) is 3.56. The summed E-state index contributed by atoms with van der Waals surface area (Å²) in [5.74, 6) is 0.652. The van der Waals surface area contributed by atoms with Crippen LogP contribution in [0, 0.1) is 5.92 Å². The van der Waals surface area contributed by atoms with Crippen LogP contribution < -0.4 is 11.1 Å². The molecule has 19 heavy (non-hydrogen) atoms. The number of ether oxygens (including phenoxy) is 1. The van der Waals surface area contributed by atoms with Gasteiger partial charge in [0.1, 0.15) is 0 Å². The Morgan fingerprint density at radius 2 is 2.26 bits per heavy atom. The molecule has 1 fully saturated rings. The molecule has 1 aliphatic rings. The van der Waals surface area contributed by atoms with Crippen molar-refractivity contribution in [2.45, 2.75) is 45.8 Å². The first-order chi connectivity index (χ1) is 8.99. The predicted molar refractivity (Wildman–Crippen MR) is 76.9 cm³/mol. The highest BCUT2D eigenvalue weighted by Gasteiger charge is 2.24. The number of nitrogens with two attached hydrogens (primary N) is 1. The van der Waals surface area contributed by atoms with Crippen molar-refractivity contribution in [3.63, 3.8) is 0 Å². The molecule has 5 heteroatoms. The van der Waals surface area contributed by atoms with Crippen LogP contribution in [0.5, 0.6) is 0 Å². The lowest BCUT2D eigenvalue weighted by Crippen LogP contribution is -2.50. The van der Waals surface area contributed by atoms with Gasteiger partial charge in [0.2, 0.25) is 5.91 Å². The molecular weight excluding hydrogens is 242 g/mol. The molecule has 1 rings (SSSR count). The van der Waals surface area contributed by atoms with E-state index in [0.717, 1.165) is 25.9 Å². The van der Waals surface area contributed by atoms with Gasteiger partial charge < -0.3 is 15.8 Å². The average molecular weight is 271 g/mol. The summed E-state index contributed by atoms with van der Waals surface area (Å²) in [6, 6.07) is 0.195. The monoisotopic (exact) mass is 271 g/mol. The normalized spacial score (nSPS) is 24.7. The second-order valence-corrected chi connectivity index (χ2v) is 5.79. The minimum Gasteiger partial charge on any atom is -0.379 e. The van der Waals surface area contributed by atoms with E-state index < -0.39 is 0 Å². The Kier molecular flexibility index (Phi) is 7.34. The minimum atomic E-state index is 0.0892. The predicted octanol–water partition coefficient (Wildman–Crippen LogP) is 0.587. The van der Waals surface area contributed by atoms with Gasteiger partial charge in [0.15, 0.2) is 0 Å². The van der Waals surface area contributed by atoms with Gasteiger partial charge >= 0.3 is 0 Å². The van der Waals surface area contributed by atoms with Crippen LogP contribution in [0.25, 0.3) is 0 Å². The van der Waals surface area contributed by atoms with E-state index >= 15 is 0 Å². The van der Waals surface area contributed by atoms with E-state index in [4.69, 9.17) is 10.5 Å².